The van der Waals surface area contributed by atoms with Crippen molar-refractivity contribution in [1.82, 2.24) is 14.9 Å². The first-order valence-corrected chi connectivity index (χ1v) is 11.8. The van der Waals surface area contributed by atoms with Crippen LogP contribution in [0.5, 0.6) is 5.88 Å². The van der Waals surface area contributed by atoms with E-state index in [4.69, 9.17) is 16.3 Å². The summed E-state index contributed by atoms with van der Waals surface area (Å²) in [5.41, 5.74) is 4.86. The Morgan fingerprint density at radius 3 is 2.44 bits per heavy atom. The number of carbonyl (C=O) groups is 1. The molecule has 178 valence electrons. The molecule has 0 spiro atoms. The van der Waals surface area contributed by atoms with Gasteiger partial charge in [-0.05, 0) is 48.7 Å². The number of aliphatic hydroxyl groups is 1. The van der Waals surface area contributed by atoms with Crippen LogP contribution in [-0.4, -0.2) is 52.2 Å². The summed E-state index contributed by atoms with van der Waals surface area (Å²) in [4.78, 5) is 23.7. The minimum Gasteiger partial charge on any atom is -0.481 e. The van der Waals surface area contributed by atoms with E-state index in [1.54, 1.807) is 30.3 Å². The van der Waals surface area contributed by atoms with Crippen molar-refractivity contribution in [3.63, 3.8) is 0 Å². The Morgan fingerprint density at radius 2 is 1.79 bits per heavy atom. The average molecular weight is 480 g/mol. The monoisotopic (exact) mass is 479 g/mol. The normalized spacial score (nSPS) is 14.8. The second kappa shape index (κ2) is 9.72. The number of carbonyl (C=O) groups excluding carboxylic acids is 1. The first-order valence-electron chi connectivity index (χ1n) is 11.5. The van der Waals surface area contributed by atoms with Gasteiger partial charge < -0.3 is 14.7 Å². The lowest BCUT2D eigenvalue weighted by molar-refractivity contribution is 0.0546. The number of pyridine rings is 2. The SMILES string of the molecule is COc1ncc(-c2ccnc(C(C)(C)C)c2)cc1-c1ccc(C(=O)N2CCC(O)CC2)cc1Cl. The number of rotatable bonds is 4. The zero-order valence-corrected chi connectivity index (χ0v) is 20.8. The number of halogens is 1. The van der Waals surface area contributed by atoms with Crippen molar-refractivity contribution in [2.75, 3.05) is 20.2 Å². The fraction of sp³-hybridized carbons (Fsp3) is 0.370. The number of methoxy groups -OCH3 is 1. The molecule has 7 heteroatoms. The summed E-state index contributed by atoms with van der Waals surface area (Å²) in [5, 5.41) is 10.2. The maximum absolute atomic E-state index is 12.9. The number of aromatic nitrogens is 2. The zero-order valence-electron chi connectivity index (χ0n) is 20.0. The number of aliphatic hydroxyl groups excluding tert-OH is 1. The highest BCUT2D eigenvalue weighted by molar-refractivity contribution is 6.33. The Labute approximate surface area is 205 Å². The molecule has 2 aromatic heterocycles. The molecule has 0 unspecified atom stereocenters. The third kappa shape index (κ3) is 5.08. The minimum absolute atomic E-state index is 0.0726. The standard InChI is InChI=1S/C27H30ClN3O3/c1-27(2,3)24-15-17(7-10-29-24)19-13-22(25(34-4)30-16-19)21-6-5-18(14-23(21)28)26(33)31-11-8-20(32)9-12-31/h5-7,10,13-16,20,32H,8-9,11-12H2,1-4H3. The molecule has 0 radical (unpaired) electrons. The Hall–Kier alpha value is -2.96. The van der Waals surface area contributed by atoms with Crippen LogP contribution in [0.1, 0.15) is 49.7 Å². The zero-order chi connectivity index (χ0) is 24.5. The van der Waals surface area contributed by atoms with E-state index < -0.39 is 0 Å². The minimum atomic E-state index is -0.331. The maximum atomic E-state index is 12.9. The van der Waals surface area contributed by atoms with E-state index in [9.17, 15) is 9.90 Å². The van der Waals surface area contributed by atoms with Gasteiger partial charge in [0.05, 0.1) is 13.2 Å². The molecule has 1 amide bonds. The van der Waals surface area contributed by atoms with Gasteiger partial charge in [0.15, 0.2) is 0 Å². The van der Waals surface area contributed by atoms with E-state index in [2.05, 4.69) is 36.8 Å². The van der Waals surface area contributed by atoms with Crippen LogP contribution < -0.4 is 4.74 Å². The Bertz CT molecular complexity index is 1200. The molecule has 4 rings (SSSR count). The number of nitrogens with zero attached hydrogens (tertiary/aromatic N) is 3. The number of hydrogen-bond donors (Lipinski definition) is 1. The lowest BCUT2D eigenvalue weighted by atomic mass is 9.90. The van der Waals surface area contributed by atoms with E-state index in [1.165, 1.54) is 0 Å². The molecule has 34 heavy (non-hydrogen) atoms. The second-order valence-electron chi connectivity index (χ2n) is 9.68. The molecule has 0 saturated carbocycles. The summed E-state index contributed by atoms with van der Waals surface area (Å²) in [5.74, 6) is 0.380. The number of ether oxygens (including phenoxy) is 1. The fourth-order valence-electron chi connectivity index (χ4n) is 4.10. The van der Waals surface area contributed by atoms with Crippen molar-refractivity contribution >= 4 is 17.5 Å². The molecule has 0 bridgehead atoms. The van der Waals surface area contributed by atoms with E-state index in [1.807, 2.05) is 24.4 Å². The molecule has 3 heterocycles. The van der Waals surface area contributed by atoms with Crippen LogP contribution in [-0.2, 0) is 5.41 Å². The van der Waals surface area contributed by atoms with Crippen LogP contribution >= 0.6 is 11.6 Å². The number of hydrogen-bond acceptors (Lipinski definition) is 5. The van der Waals surface area contributed by atoms with Gasteiger partial charge in [-0.2, -0.15) is 0 Å². The van der Waals surface area contributed by atoms with E-state index in [0.717, 1.165) is 27.9 Å². The predicted octanol–water partition coefficient (Wildman–Crippen LogP) is 5.37. The van der Waals surface area contributed by atoms with E-state index >= 15 is 0 Å². The van der Waals surface area contributed by atoms with Crippen molar-refractivity contribution in [2.24, 2.45) is 0 Å². The molecule has 1 aliphatic rings. The molecule has 0 aliphatic carbocycles. The molecule has 1 saturated heterocycles. The summed E-state index contributed by atoms with van der Waals surface area (Å²) in [6, 6.07) is 11.4. The molecule has 0 atom stereocenters. The molecule has 1 N–H and O–H groups in total. The molecule has 1 aromatic carbocycles. The molecule has 3 aromatic rings. The number of amides is 1. The topological polar surface area (TPSA) is 75.6 Å². The summed E-state index contributed by atoms with van der Waals surface area (Å²) in [6.07, 6.45) is 4.45. The highest BCUT2D eigenvalue weighted by Crippen LogP contribution is 2.37. The third-order valence-electron chi connectivity index (χ3n) is 6.16. The first-order chi connectivity index (χ1) is 16.2. The number of benzene rings is 1. The van der Waals surface area contributed by atoms with Gasteiger partial charge in [-0.15, -0.1) is 0 Å². The van der Waals surface area contributed by atoms with Gasteiger partial charge in [0.25, 0.3) is 5.91 Å². The lowest BCUT2D eigenvalue weighted by Gasteiger charge is -2.29. The Balaban J connectivity index is 1.68. The van der Waals surface area contributed by atoms with Crippen LogP contribution in [0.4, 0.5) is 0 Å². The lowest BCUT2D eigenvalue weighted by Crippen LogP contribution is -2.40. The van der Waals surface area contributed by atoms with Crippen LogP contribution in [0.2, 0.25) is 5.02 Å². The molecular formula is C27H30ClN3O3. The highest BCUT2D eigenvalue weighted by Gasteiger charge is 2.23. The van der Waals surface area contributed by atoms with Crippen molar-refractivity contribution in [3.05, 3.63) is 65.1 Å². The number of likely N-dealkylation sites (tertiary alicyclic amines) is 1. The second-order valence-corrected chi connectivity index (χ2v) is 10.1. The van der Waals surface area contributed by atoms with Crippen LogP contribution in [0, 0.1) is 0 Å². The van der Waals surface area contributed by atoms with E-state index in [0.29, 0.717) is 42.4 Å². The number of piperidine rings is 1. The Morgan fingerprint density at radius 1 is 1.06 bits per heavy atom. The van der Waals surface area contributed by atoms with Crippen molar-refractivity contribution in [2.45, 2.75) is 45.1 Å². The van der Waals surface area contributed by atoms with Gasteiger partial charge in [-0.25, -0.2) is 4.98 Å². The first kappa shape index (κ1) is 24.2. The molecule has 1 aliphatic heterocycles. The summed E-state index contributed by atoms with van der Waals surface area (Å²) < 4.78 is 5.53. The van der Waals surface area contributed by atoms with Crippen LogP contribution in [0.15, 0.2) is 48.8 Å². The molecular weight excluding hydrogens is 450 g/mol. The van der Waals surface area contributed by atoms with Gasteiger partial charge >= 0.3 is 0 Å². The van der Waals surface area contributed by atoms with Gasteiger partial charge in [0.1, 0.15) is 0 Å². The summed E-state index contributed by atoms with van der Waals surface area (Å²) in [6.45, 7) is 7.48. The highest BCUT2D eigenvalue weighted by atomic mass is 35.5. The van der Waals surface area contributed by atoms with Gasteiger partial charge in [-0.3, -0.25) is 9.78 Å². The molecule has 1 fully saturated rings. The summed E-state index contributed by atoms with van der Waals surface area (Å²) in [7, 11) is 1.58. The molecule has 6 nitrogen and oxygen atoms in total. The maximum Gasteiger partial charge on any atom is 0.253 e. The summed E-state index contributed by atoms with van der Waals surface area (Å²) >= 11 is 6.68. The smallest absolute Gasteiger partial charge is 0.253 e. The average Bonchev–Trinajstić information content (AvgIpc) is 2.83. The van der Waals surface area contributed by atoms with Crippen LogP contribution in [0.3, 0.4) is 0 Å². The van der Waals surface area contributed by atoms with E-state index in [-0.39, 0.29) is 17.4 Å². The third-order valence-corrected chi connectivity index (χ3v) is 6.48. The van der Waals surface area contributed by atoms with Gasteiger partial charge in [0.2, 0.25) is 5.88 Å². The quantitative estimate of drug-likeness (QED) is 0.544. The van der Waals surface area contributed by atoms with Crippen molar-refractivity contribution < 1.29 is 14.6 Å². The van der Waals surface area contributed by atoms with Crippen molar-refractivity contribution in [1.29, 1.82) is 0 Å². The van der Waals surface area contributed by atoms with Crippen molar-refractivity contribution in [3.8, 4) is 28.1 Å². The fourth-order valence-corrected chi connectivity index (χ4v) is 4.39. The predicted molar refractivity (Wildman–Crippen MR) is 134 cm³/mol. The largest absolute Gasteiger partial charge is 0.481 e. The Kier molecular flexibility index (Phi) is 6.91. The van der Waals surface area contributed by atoms with Gasteiger partial charge in [0, 0.05) is 63.9 Å². The van der Waals surface area contributed by atoms with Crippen LogP contribution in [0.25, 0.3) is 22.3 Å². The van der Waals surface area contributed by atoms with Gasteiger partial charge in [-0.1, -0.05) is 38.4 Å².